The lowest BCUT2D eigenvalue weighted by atomic mass is 9.85. The van der Waals surface area contributed by atoms with Gasteiger partial charge in [0.15, 0.2) is 0 Å². The van der Waals surface area contributed by atoms with Crippen molar-refractivity contribution in [1.29, 1.82) is 0 Å². The topological polar surface area (TPSA) is 38.8 Å². The summed E-state index contributed by atoms with van der Waals surface area (Å²) in [5.74, 6) is 0.222. The van der Waals surface area contributed by atoms with Gasteiger partial charge in [-0.3, -0.25) is 9.69 Å². The summed E-state index contributed by atoms with van der Waals surface area (Å²) in [6, 6.07) is 0. The number of carbonyl (C=O) groups excluding carboxylic acids is 1. The van der Waals surface area contributed by atoms with Crippen LogP contribution in [0, 0.1) is 5.41 Å². The standard InChI is InChI=1S/C19H38N4O/c1-6-22-11-13-23(14-12-22)16-19(7-9-21(5)10-8-19)20-17(24)15-18(2,3)4/h6-16H2,1-5H3,(H,20,24). The average Bonchev–Trinajstić information content (AvgIpc) is 2.49. The molecule has 0 aromatic heterocycles. The molecule has 0 aromatic carbocycles. The number of rotatable bonds is 5. The fourth-order valence-electron chi connectivity index (χ4n) is 3.88. The Kier molecular flexibility index (Phi) is 6.68. The molecule has 1 amide bonds. The third-order valence-electron chi connectivity index (χ3n) is 5.48. The highest BCUT2D eigenvalue weighted by Gasteiger charge is 2.37. The van der Waals surface area contributed by atoms with Gasteiger partial charge in [0.05, 0.1) is 5.54 Å². The van der Waals surface area contributed by atoms with Gasteiger partial charge in [-0.2, -0.15) is 0 Å². The zero-order chi connectivity index (χ0) is 17.8. The highest BCUT2D eigenvalue weighted by Crippen LogP contribution is 2.26. The first-order valence-electron chi connectivity index (χ1n) is 9.66. The first-order chi connectivity index (χ1) is 11.2. The van der Waals surface area contributed by atoms with Crippen LogP contribution in [0.15, 0.2) is 0 Å². The van der Waals surface area contributed by atoms with Crippen LogP contribution in [0.4, 0.5) is 0 Å². The average molecular weight is 339 g/mol. The molecule has 2 aliphatic heterocycles. The molecule has 0 bridgehead atoms. The van der Waals surface area contributed by atoms with Gasteiger partial charge in [0.25, 0.3) is 0 Å². The van der Waals surface area contributed by atoms with Crippen LogP contribution in [-0.4, -0.2) is 85.6 Å². The number of piperazine rings is 1. The van der Waals surface area contributed by atoms with Gasteiger partial charge >= 0.3 is 0 Å². The van der Waals surface area contributed by atoms with E-state index in [9.17, 15) is 4.79 Å². The highest BCUT2D eigenvalue weighted by atomic mass is 16.1. The van der Waals surface area contributed by atoms with Crippen LogP contribution in [0.25, 0.3) is 0 Å². The summed E-state index contributed by atoms with van der Waals surface area (Å²) in [7, 11) is 2.18. The number of piperidine rings is 1. The molecule has 2 rings (SSSR count). The van der Waals surface area contributed by atoms with Crippen LogP contribution >= 0.6 is 0 Å². The van der Waals surface area contributed by atoms with Crippen molar-refractivity contribution in [2.45, 2.75) is 52.5 Å². The zero-order valence-corrected chi connectivity index (χ0v) is 16.5. The molecule has 5 nitrogen and oxygen atoms in total. The maximum Gasteiger partial charge on any atom is 0.220 e. The lowest BCUT2D eigenvalue weighted by Crippen LogP contribution is -2.62. The fourth-order valence-corrected chi connectivity index (χ4v) is 3.88. The molecule has 1 N–H and O–H groups in total. The van der Waals surface area contributed by atoms with E-state index < -0.39 is 0 Å². The van der Waals surface area contributed by atoms with Gasteiger partial charge in [-0.15, -0.1) is 0 Å². The molecule has 24 heavy (non-hydrogen) atoms. The van der Waals surface area contributed by atoms with E-state index >= 15 is 0 Å². The normalized spacial score (nSPS) is 24.0. The maximum atomic E-state index is 12.6. The predicted molar refractivity (Wildman–Crippen MR) is 100 cm³/mol. The first-order valence-corrected chi connectivity index (χ1v) is 9.66. The summed E-state index contributed by atoms with van der Waals surface area (Å²) < 4.78 is 0. The van der Waals surface area contributed by atoms with Crippen LogP contribution in [0.2, 0.25) is 0 Å². The Morgan fingerprint density at radius 2 is 1.54 bits per heavy atom. The maximum absolute atomic E-state index is 12.6. The Labute approximate surface area is 148 Å². The third-order valence-corrected chi connectivity index (χ3v) is 5.48. The molecule has 0 unspecified atom stereocenters. The lowest BCUT2D eigenvalue weighted by molar-refractivity contribution is -0.125. The Bertz CT molecular complexity index is 402. The predicted octanol–water partition coefficient (Wildman–Crippen LogP) is 1.64. The molecule has 2 heterocycles. The monoisotopic (exact) mass is 338 g/mol. The molecule has 0 spiro atoms. The minimum Gasteiger partial charge on any atom is -0.349 e. The van der Waals surface area contributed by atoms with E-state index in [0.717, 1.165) is 65.2 Å². The second-order valence-corrected chi connectivity index (χ2v) is 9.08. The molecule has 0 aromatic rings. The second-order valence-electron chi connectivity index (χ2n) is 9.08. The zero-order valence-electron chi connectivity index (χ0n) is 16.5. The Morgan fingerprint density at radius 1 is 1.00 bits per heavy atom. The molecule has 0 radical (unpaired) electrons. The lowest BCUT2D eigenvalue weighted by Gasteiger charge is -2.46. The molecular weight excluding hydrogens is 300 g/mol. The van der Waals surface area contributed by atoms with E-state index in [4.69, 9.17) is 0 Å². The first kappa shape index (κ1) is 19.7. The van der Waals surface area contributed by atoms with Crippen LogP contribution in [0.1, 0.15) is 47.0 Å². The highest BCUT2D eigenvalue weighted by molar-refractivity contribution is 5.77. The van der Waals surface area contributed by atoms with Gasteiger partial charge < -0.3 is 15.1 Å². The largest absolute Gasteiger partial charge is 0.349 e. The minimum absolute atomic E-state index is 0.0385. The van der Waals surface area contributed by atoms with E-state index in [1.807, 2.05) is 0 Å². The van der Waals surface area contributed by atoms with Crippen LogP contribution in [0.5, 0.6) is 0 Å². The van der Waals surface area contributed by atoms with Gasteiger partial charge in [0.1, 0.15) is 0 Å². The summed E-state index contributed by atoms with van der Waals surface area (Å²) in [6.07, 6.45) is 2.73. The van der Waals surface area contributed by atoms with Gasteiger partial charge in [0.2, 0.25) is 5.91 Å². The second kappa shape index (κ2) is 8.15. The summed E-state index contributed by atoms with van der Waals surface area (Å²) in [5.41, 5.74) is 0.00666. The van der Waals surface area contributed by atoms with Crippen molar-refractivity contribution in [2.75, 3.05) is 59.4 Å². The van der Waals surface area contributed by atoms with Gasteiger partial charge in [-0.05, 0) is 31.8 Å². The fraction of sp³-hybridized carbons (Fsp3) is 0.947. The number of hydrogen-bond donors (Lipinski definition) is 1. The molecule has 0 aliphatic carbocycles. The van der Waals surface area contributed by atoms with Crippen molar-refractivity contribution in [3.05, 3.63) is 0 Å². The van der Waals surface area contributed by atoms with Crippen molar-refractivity contribution >= 4 is 5.91 Å². The van der Waals surface area contributed by atoms with Crippen molar-refractivity contribution in [2.24, 2.45) is 5.41 Å². The summed E-state index contributed by atoms with van der Waals surface area (Å²) in [6.45, 7) is 17.5. The van der Waals surface area contributed by atoms with Crippen LogP contribution < -0.4 is 5.32 Å². The molecule has 2 aliphatic rings. The molecule has 2 saturated heterocycles. The quantitative estimate of drug-likeness (QED) is 0.827. The SMILES string of the molecule is CCN1CCN(CC2(NC(=O)CC(C)(C)C)CCN(C)CC2)CC1. The minimum atomic E-state index is -0.0385. The molecule has 2 fully saturated rings. The van der Waals surface area contributed by atoms with Crippen LogP contribution in [-0.2, 0) is 4.79 Å². The van der Waals surface area contributed by atoms with Crippen molar-refractivity contribution in [3.63, 3.8) is 0 Å². The molecular formula is C19H38N4O. The Hall–Kier alpha value is -0.650. The molecule has 0 atom stereocenters. The molecule has 0 saturated carbocycles. The Balaban J connectivity index is 1.97. The van der Waals surface area contributed by atoms with Crippen molar-refractivity contribution < 1.29 is 4.79 Å². The number of nitrogens with zero attached hydrogens (tertiary/aromatic N) is 3. The van der Waals surface area contributed by atoms with Crippen molar-refractivity contribution in [1.82, 2.24) is 20.0 Å². The number of likely N-dealkylation sites (N-methyl/N-ethyl adjacent to an activating group) is 1. The van der Waals surface area contributed by atoms with E-state index in [-0.39, 0.29) is 16.9 Å². The summed E-state index contributed by atoms with van der Waals surface area (Å²) in [5, 5.41) is 3.46. The number of hydrogen-bond acceptors (Lipinski definition) is 4. The molecule has 5 heteroatoms. The summed E-state index contributed by atoms with van der Waals surface area (Å²) >= 11 is 0. The smallest absolute Gasteiger partial charge is 0.220 e. The van der Waals surface area contributed by atoms with Gasteiger partial charge in [0, 0.05) is 52.2 Å². The molecule has 140 valence electrons. The van der Waals surface area contributed by atoms with Crippen LogP contribution in [0.3, 0.4) is 0 Å². The van der Waals surface area contributed by atoms with Gasteiger partial charge in [-0.25, -0.2) is 0 Å². The van der Waals surface area contributed by atoms with E-state index in [1.165, 1.54) is 0 Å². The van der Waals surface area contributed by atoms with E-state index in [2.05, 4.69) is 54.8 Å². The van der Waals surface area contributed by atoms with E-state index in [1.54, 1.807) is 0 Å². The summed E-state index contributed by atoms with van der Waals surface area (Å²) in [4.78, 5) is 20.1. The number of amides is 1. The number of nitrogens with one attached hydrogen (secondary N) is 1. The van der Waals surface area contributed by atoms with E-state index in [0.29, 0.717) is 6.42 Å². The number of likely N-dealkylation sites (tertiary alicyclic amines) is 1. The third kappa shape index (κ3) is 6.01. The van der Waals surface area contributed by atoms with Crippen molar-refractivity contribution in [3.8, 4) is 0 Å². The van der Waals surface area contributed by atoms with Gasteiger partial charge in [-0.1, -0.05) is 27.7 Å². The number of carbonyl (C=O) groups is 1. The Morgan fingerprint density at radius 3 is 2.04 bits per heavy atom.